The number of hydrogen-bond donors (Lipinski definition) is 0. The van der Waals surface area contributed by atoms with E-state index in [0.29, 0.717) is 17.6 Å². The molecule has 2 aromatic heterocycles. The highest BCUT2D eigenvalue weighted by atomic mass is 15.2. The van der Waals surface area contributed by atoms with E-state index >= 15 is 0 Å². The van der Waals surface area contributed by atoms with Crippen LogP contribution < -0.4 is 0 Å². The lowest BCUT2D eigenvalue weighted by atomic mass is 9.70. The van der Waals surface area contributed by atoms with E-state index in [9.17, 15) is 0 Å². The fraction of sp³-hybridized carbons (Fsp3) is 0.0156. The summed E-state index contributed by atoms with van der Waals surface area (Å²) < 4.78 is 2.21. The van der Waals surface area contributed by atoms with E-state index in [1.165, 1.54) is 50.1 Å². The van der Waals surface area contributed by atoms with Crippen LogP contribution in [0.2, 0.25) is 0 Å². The fourth-order valence-electron chi connectivity index (χ4n) is 11.3. The molecule has 2 aliphatic carbocycles. The Balaban J connectivity index is 0.932. The van der Waals surface area contributed by atoms with Crippen LogP contribution in [-0.4, -0.2) is 19.5 Å². The van der Waals surface area contributed by atoms with Crippen molar-refractivity contribution in [1.29, 1.82) is 0 Å². The Bertz CT molecular complexity index is 3780. The van der Waals surface area contributed by atoms with E-state index in [-0.39, 0.29) is 0 Å². The third-order valence-electron chi connectivity index (χ3n) is 14.3. The molecular formula is C64H40N4. The van der Waals surface area contributed by atoms with Crippen LogP contribution >= 0.6 is 0 Å². The second-order valence-electron chi connectivity index (χ2n) is 17.9. The first-order valence-electron chi connectivity index (χ1n) is 23.3. The molecule has 4 nitrogen and oxygen atoms in total. The maximum absolute atomic E-state index is 5.30. The van der Waals surface area contributed by atoms with Gasteiger partial charge in [0.1, 0.15) is 0 Å². The molecule has 0 N–H and O–H groups in total. The highest BCUT2D eigenvalue weighted by Gasteiger charge is 2.51. The average Bonchev–Trinajstić information content (AvgIpc) is 4.03. The van der Waals surface area contributed by atoms with Crippen LogP contribution in [0, 0.1) is 0 Å². The fourth-order valence-corrected chi connectivity index (χ4v) is 11.3. The second kappa shape index (κ2) is 15.0. The van der Waals surface area contributed by atoms with Gasteiger partial charge in [-0.3, -0.25) is 4.57 Å². The monoisotopic (exact) mass is 864 g/mol. The topological polar surface area (TPSA) is 43.6 Å². The lowest BCUT2D eigenvalue weighted by Gasteiger charge is -2.30. The molecule has 0 atom stereocenters. The SMILES string of the molecule is c1ccc(-c2ccc(-c3nc(-c4ccc(-c5ccccc5)cc4)nc(-n4c5ccccc5c5cc(-c6ccc7c(c6)C6(c8ccccc8-c8ccccc86)c6ccccc6-7)ccc54)n3)cc2)cc1. The van der Waals surface area contributed by atoms with Gasteiger partial charge in [-0.05, 0) is 102 Å². The number of para-hydroxylation sites is 1. The molecule has 0 saturated heterocycles. The molecule has 68 heavy (non-hydrogen) atoms. The van der Waals surface area contributed by atoms with E-state index in [1.54, 1.807) is 0 Å². The minimum Gasteiger partial charge on any atom is -0.278 e. The molecule has 0 fully saturated rings. The van der Waals surface area contributed by atoms with Crippen molar-refractivity contribution in [3.05, 3.63) is 265 Å². The van der Waals surface area contributed by atoms with Gasteiger partial charge in [0.2, 0.25) is 5.95 Å². The zero-order valence-corrected chi connectivity index (χ0v) is 36.9. The molecule has 0 unspecified atom stereocenters. The molecular weight excluding hydrogens is 825 g/mol. The third-order valence-corrected chi connectivity index (χ3v) is 14.3. The van der Waals surface area contributed by atoms with Gasteiger partial charge in [-0.2, -0.15) is 9.97 Å². The van der Waals surface area contributed by atoms with Gasteiger partial charge in [-0.25, -0.2) is 4.98 Å². The molecule has 0 amide bonds. The molecule has 0 saturated carbocycles. The Morgan fingerprint density at radius 1 is 0.265 bits per heavy atom. The van der Waals surface area contributed by atoms with Crippen molar-refractivity contribution >= 4 is 21.8 Å². The summed E-state index contributed by atoms with van der Waals surface area (Å²) in [5.41, 5.74) is 21.0. The van der Waals surface area contributed by atoms with Crippen LogP contribution in [0.5, 0.6) is 0 Å². The molecule has 10 aromatic carbocycles. The summed E-state index contributed by atoms with van der Waals surface area (Å²) in [6.45, 7) is 0. The smallest absolute Gasteiger partial charge is 0.238 e. The Morgan fingerprint density at radius 3 is 1.22 bits per heavy atom. The number of fused-ring (bicyclic) bond motifs is 13. The number of hydrogen-bond acceptors (Lipinski definition) is 3. The van der Waals surface area contributed by atoms with Crippen molar-refractivity contribution in [1.82, 2.24) is 19.5 Å². The number of nitrogens with zero attached hydrogens (tertiary/aromatic N) is 4. The zero-order valence-electron chi connectivity index (χ0n) is 36.9. The summed E-state index contributed by atoms with van der Waals surface area (Å²) in [6.07, 6.45) is 0. The van der Waals surface area contributed by atoms with E-state index in [1.807, 2.05) is 12.1 Å². The first-order chi connectivity index (χ1) is 33.7. The first-order valence-corrected chi connectivity index (χ1v) is 23.3. The first kappa shape index (κ1) is 38.3. The predicted molar refractivity (Wildman–Crippen MR) is 278 cm³/mol. The summed E-state index contributed by atoms with van der Waals surface area (Å²) in [7, 11) is 0. The van der Waals surface area contributed by atoms with Crippen molar-refractivity contribution in [2.45, 2.75) is 5.41 Å². The van der Waals surface area contributed by atoms with Crippen LogP contribution in [0.15, 0.2) is 243 Å². The molecule has 2 heterocycles. The van der Waals surface area contributed by atoms with E-state index in [0.717, 1.165) is 60.8 Å². The minimum atomic E-state index is -0.410. The van der Waals surface area contributed by atoms with Gasteiger partial charge in [-0.15, -0.1) is 0 Å². The van der Waals surface area contributed by atoms with Gasteiger partial charge in [0.15, 0.2) is 11.6 Å². The normalized spacial score (nSPS) is 12.8. The predicted octanol–water partition coefficient (Wildman–Crippen LogP) is 15.6. The average molecular weight is 865 g/mol. The molecule has 0 radical (unpaired) electrons. The number of aromatic nitrogens is 4. The third kappa shape index (κ3) is 5.71. The molecule has 0 aliphatic heterocycles. The number of rotatable bonds is 6. The van der Waals surface area contributed by atoms with Gasteiger partial charge in [-0.1, -0.05) is 218 Å². The Labute approximate surface area is 394 Å². The quantitative estimate of drug-likeness (QED) is 0.167. The van der Waals surface area contributed by atoms with E-state index in [2.05, 4.69) is 235 Å². The number of benzene rings is 10. The largest absolute Gasteiger partial charge is 0.278 e. The van der Waals surface area contributed by atoms with Crippen molar-refractivity contribution in [3.63, 3.8) is 0 Å². The summed E-state index contributed by atoms with van der Waals surface area (Å²) in [6, 6.07) is 87.5. The molecule has 14 rings (SSSR count). The van der Waals surface area contributed by atoms with Gasteiger partial charge >= 0.3 is 0 Å². The summed E-state index contributed by atoms with van der Waals surface area (Å²) in [5.74, 6) is 1.80. The van der Waals surface area contributed by atoms with Gasteiger partial charge in [0.25, 0.3) is 0 Å². The van der Waals surface area contributed by atoms with Crippen LogP contribution in [0.25, 0.3) is 106 Å². The highest BCUT2D eigenvalue weighted by Crippen LogP contribution is 2.63. The van der Waals surface area contributed by atoms with E-state index in [4.69, 9.17) is 15.0 Å². The van der Waals surface area contributed by atoms with Crippen molar-refractivity contribution in [2.75, 3.05) is 0 Å². The summed E-state index contributed by atoms with van der Waals surface area (Å²) in [4.78, 5) is 15.8. The maximum atomic E-state index is 5.30. The molecule has 1 spiro atoms. The van der Waals surface area contributed by atoms with Crippen molar-refractivity contribution in [2.24, 2.45) is 0 Å². The van der Waals surface area contributed by atoms with Crippen LogP contribution in [0.3, 0.4) is 0 Å². The molecule has 4 heteroatoms. The van der Waals surface area contributed by atoms with Crippen LogP contribution in [0.1, 0.15) is 22.3 Å². The maximum Gasteiger partial charge on any atom is 0.238 e. The minimum absolute atomic E-state index is 0.410. The van der Waals surface area contributed by atoms with Gasteiger partial charge < -0.3 is 0 Å². The van der Waals surface area contributed by atoms with Crippen LogP contribution in [0.4, 0.5) is 0 Å². The zero-order chi connectivity index (χ0) is 44.8. The van der Waals surface area contributed by atoms with Crippen molar-refractivity contribution in [3.8, 4) is 84.4 Å². The van der Waals surface area contributed by atoms with Gasteiger partial charge in [0.05, 0.1) is 16.4 Å². The van der Waals surface area contributed by atoms with Crippen molar-refractivity contribution < 1.29 is 0 Å². The Kier molecular flexibility index (Phi) is 8.46. The second-order valence-corrected chi connectivity index (χ2v) is 17.9. The van der Waals surface area contributed by atoms with E-state index < -0.39 is 5.41 Å². The Morgan fingerprint density at radius 2 is 0.662 bits per heavy atom. The summed E-state index contributed by atoms with van der Waals surface area (Å²) >= 11 is 0. The lowest BCUT2D eigenvalue weighted by molar-refractivity contribution is 0.794. The highest BCUT2D eigenvalue weighted by molar-refractivity contribution is 6.10. The van der Waals surface area contributed by atoms with Gasteiger partial charge in [0, 0.05) is 21.9 Å². The molecule has 12 aromatic rings. The summed E-state index contributed by atoms with van der Waals surface area (Å²) in [5, 5.41) is 2.27. The molecule has 2 aliphatic rings. The lowest BCUT2D eigenvalue weighted by Crippen LogP contribution is -2.25. The molecule has 316 valence electrons. The standard InChI is InChI=1S/C64H40N4/c1-3-15-41(16-4-1)43-27-31-45(32-28-43)61-65-62(46-33-29-44(30-34-46)42-17-5-2-6-18-42)67-63(66-61)68-59-26-14-10-22-53(59)54-39-47(36-38-60(54)68)48-35-37-52-51-21-9-13-25-57(51)64(58(52)40-48)55-23-11-7-19-49(55)50-20-8-12-24-56(50)64/h1-40H. The Hall–Kier alpha value is -8.99. The molecule has 0 bridgehead atoms. The van der Waals surface area contributed by atoms with Crippen LogP contribution in [-0.2, 0) is 5.41 Å².